The number of aromatic nitrogens is 4. The Morgan fingerprint density at radius 2 is 1.39 bits per heavy atom. The van der Waals surface area contributed by atoms with Crippen LogP contribution in [0.4, 0.5) is 0 Å². The number of H-pyrrole nitrogens is 2. The lowest BCUT2D eigenvalue weighted by Crippen LogP contribution is -2.24. The number of aromatic hydroxyl groups is 2. The predicted molar refractivity (Wildman–Crippen MR) is 146 cm³/mol. The molecule has 4 heterocycles. The maximum absolute atomic E-state index is 12.2. The number of carbonyl (C=O) groups excluding carboxylic acids is 4. The van der Waals surface area contributed by atoms with Crippen LogP contribution < -0.4 is 9.47 Å². The molecule has 1 aromatic carbocycles. The highest BCUT2D eigenvalue weighted by Crippen LogP contribution is 2.43. The summed E-state index contributed by atoms with van der Waals surface area (Å²) in [5.41, 5.74) is 0.895. The van der Waals surface area contributed by atoms with E-state index in [-0.39, 0.29) is 74.6 Å². The van der Waals surface area contributed by atoms with Crippen LogP contribution >= 0.6 is 0 Å². The van der Waals surface area contributed by atoms with Gasteiger partial charge in [0.05, 0.1) is 27.9 Å². The molecule has 0 spiro atoms. The third-order valence-electron chi connectivity index (χ3n) is 6.56. The number of aryl methyl sites for hydroxylation is 2. The summed E-state index contributed by atoms with van der Waals surface area (Å²) < 4.78 is 9.07. The highest BCUT2D eigenvalue weighted by atomic mass is 16.5. The molecular formula is C28H18N4O12. The second kappa shape index (κ2) is 10.7. The fraction of sp³-hybridized carbons (Fsp3) is 0.0714. The molecule has 16 heteroatoms. The van der Waals surface area contributed by atoms with E-state index in [1.54, 1.807) is 19.9 Å². The van der Waals surface area contributed by atoms with E-state index in [1.165, 1.54) is 6.07 Å². The number of benzene rings is 1. The number of fused-ring (bicyclic) bond motifs is 6. The molecule has 4 aromatic heterocycles. The molecule has 6 rings (SSSR count). The average molecular weight is 602 g/mol. The molecule has 0 saturated carbocycles. The van der Waals surface area contributed by atoms with E-state index in [0.29, 0.717) is 16.9 Å². The predicted octanol–water partition coefficient (Wildman–Crippen LogP) is 2.67. The van der Waals surface area contributed by atoms with E-state index in [4.69, 9.17) is 0 Å². The summed E-state index contributed by atoms with van der Waals surface area (Å²) >= 11 is 0. The smallest absolute Gasteiger partial charge is 0.336 e. The van der Waals surface area contributed by atoms with Gasteiger partial charge in [0.2, 0.25) is 17.5 Å². The first kappa shape index (κ1) is 28.9. The van der Waals surface area contributed by atoms with Crippen LogP contribution in [0.15, 0.2) is 24.3 Å². The molecular weight excluding hydrogens is 584 g/mol. The van der Waals surface area contributed by atoms with E-state index in [2.05, 4.69) is 29.4 Å². The van der Waals surface area contributed by atoms with Crippen LogP contribution in [0, 0.1) is 13.8 Å². The minimum absolute atomic E-state index is 0.0125. The lowest BCUT2D eigenvalue weighted by Gasteiger charge is -2.16. The number of carboxylic acid groups (broad SMARTS) is 2. The summed E-state index contributed by atoms with van der Waals surface area (Å²) in [7, 11) is 0. The summed E-state index contributed by atoms with van der Waals surface area (Å²) in [4.78, 5) is 81.5. The Morgan fingerprint density at radius 1 is 0.795 bits per heavy atom. The van der Waals surface area contributed by atoms with E-state index >= 15 is 0 Å². The number of carbonyl (C=O) groups is 6. The fourth-order valence-electron chi connectivity index (χ4n) is 4.85. The van der Waals surface area contributed by atoms with Gasteiger partial charge < -0.3 is 39.9 Å². The molecule has 0 bridgehead atoms. The number of ketones is 2. The molecule has 0 aliphatic heterocycles. The molecule has 16 nitrogen and oxygen atoms in total. The maximum atomic E-state index is 12.2. The van der Waals surface area contributed by atoms with Gasteiger partial charge in [-0.05, 0) is 26.0 Å². The molecule has 0 fully saturated rings. The molecule has 0 radical (unpaired) electrons. The first-order chi connectivity index (χ1) is 20.9. The number of hydrogen-bond acceptors (Lipinski definition) is 12. The molecule has 1 aliphatic carbocycles. The summed E-state index contributed by atoms with van der Waals surface area (Å²) in [5.74, 6) is -6.04. The van der Waals surface area contributed by atoms with Crippen molar-refractivity contribution < 1.29 is 58.7 Å². The minimum atomic E-state index is -1.34. The van der Waals surface area contributed by atoms with Gasteiger partial charge in [-0.25, -0.2) is 19.6 Å². The number of nitrogens with one attached hydrogen (secondary N) is 2. The van der Waals surface area contributed by atoms with Gasteiger partial charge >= 0.3 is 11.9 Å². The second-order valence-electron chi connectivity index (χ2n) is 9.34. The van der Waals surface area contributed by atoms with Gasteiger partial charge in [0.15, 0.2) is 11.5 Å². The number of aromatic carboxylic acids is 2. The second-order valence-corrected chi connectivity index (χ2v) is 9.34. The van der Waals surface area contributed by atoms with Crippen molar-refractivity contribution in [3.05, 3.63) is 58.0 Å². The van der Waals surface area contributed by atoms with Crippen LogP contribution in [0.1, 0.15) is 53.0 Å². The van der Waals surface area contributed by atoms with Gasteiger partial charge in [-0.15, -0.1) is 0 Å². The Bertz CT molecular complexity index is 2110. The monoisotopic (exact) mass is 602 g/mol. The van der Waals surface area contributed by atoms with Gasteiger partial charge in [-0.3, -0.25) is 19.2 Å². The number of ether oxygens (including phenoxy) is 2. The largest absolute Gasteiger partial charge is 0.504 e. The zero-order valence-corrected chi connectivity index (χ0v) is 22.4. The lowest BCUT2D eigenvalue weighted by atomic mass is 9.89. The molecule has 6 N–H and O–H groups in total. The third kappa shape index (κ3) is 4.61. The quantitative estimate of drug-likeness (QED) is 0.0927. The number of phenolic OH excluding ortho intramolecular Hbond substituents is 2. The van der Waals surface area contributed by atoms with Crippen LogP contribution in [0.5, 0.6) is 23.3 Å². The van der Waals surface area contributed by atoms with Crippen molar-refractivity contribution in [2.45, 2.75) is 13.8 Å². The van der Waals surface area contributed by atoms with Crippen LogP contribution in [0.3, 0.4) is 0 Å². The maximum Gasteiger partial charge on any atom is 0.336 e. The Morgan fingerprint density at radius 3 is 2.00 bits per heavy atom. The molecule has 0 unspecified atom stereocenters. The van der Waals surface area contributed by atoms with Crippen LogP contribution in [0.2, 0.25) is 0 Å². The van der Waals surface area contributed by atoms with Crippen molar-refractivity contribution in [3.63, 3.8) is 0 Å². The number of phenols is 2. The zero-order valence-electron chi connectivity index (χ0n) is 22.4. The standard InChI is InChI=1S/C14H10N2O6.C14H8N2O6/c2*1-5-2-7-10(15-5)9-6(14(20)21)3-8(22-4-17)16-11(9)13(19)12(7)18/h2-4,15,18-19H,1H3,(H,20,21);2-4,15H,1H3,(H,20,21). The molecule has 222 valence electrons. The Kier molecular flexibility index (Phi) is 7.02. The van der Waals surface area contributed by atoms with E-state index < -0.39 is 35.0 Å². The van der Waals surface area contributed by atoms with Crippen molar-refractivity contribution in [3.8, 4) is 34.5 Å². The van der Waals surface area contributed by atoms with Gasteiger partial charge in [0.1, 0.15) is 11.2 Å². The lowest BCUT2D eigenvalue weighted by molar-refractivity contribution is -0.121. The van der Waals surface area contributed by atoms with Crippen LogP contribution in [0.25, 0.3) is 33.1 Å². The normalized spacial score (nSPS) is 11.8. The van der Waals surface area contributed by atoms with Crippen molar-refractivity contribution in [1.82, 2.24) is 19.9 Å². The number of rotatable bonds is 6. The van der Waals surface area contributed by atoms with Crippen LogP contribution in [-0.2, 0) is 9.59 Å². The topological polar surface area (TPSA) is 259 Å². The first-order valence-electron chi connectivity index (χ1n) is 12.3. The SMILES string of the molecule is Cc1cc2c(O)c(O)c3nc(OC=O)cc(C(=O)O)c3c2[nH]1.Cc1cc2c([nH]1)-c1c(C(=O)O)cc(OC=O)nc1C(=O)C2=O. The highest BCUT2D eigenvalue weighted by molar-refractivity contribution is 6.52. The van der Waals surface area contributed by atoms with E-state index in [9.17, 15) is 49.2 Å². The molecule has 44 heavy (non-hydrogen) atoms. The molecule has 5 aromatic rings. The Hall–Kier alpha value is -6.58. The zero-order chi connectivity index (χ0) is 32.0. The van der Waals surface area contributed by atoms with Gasteiger partial charge in [-0.2, -0.15) is 0 Å². The van der Waals surface area contributed by atoms with Crippen molar-refractivity contribution in [2.75, 3.05) is 0 Å². The van der Waals surface area contributed by atoms with Crippen molar-refractivity contribution >= 4 is 58.3 Å². The average Bonchev–Trinajstić information content (AvgIpc) is 3.57. The number of hydrogen-bond donors (Lipinski definition) is 6. The number of nitrogens with zero attached hydrogens (tertiary/aromatic N) is 2. The van der Waals surface area contributed by atoms with E-state index in [1.807, 2.05) is 0 Å². The number of Topliss-reactive ketones (excluding diaryl/α,β-unsaturated/α-hetero) is 2. The summed E-state index contributed by atoms with van der Waals surface area (Å²) in [6, 6.07) is 5.15. The number of pyridine rings is 2. The highest BCUT2D eigenvalue weighted by Gasteiger charge is 2.37. The summed E-state index contributed by atoms with van der Waals surface area (Å²) in [5, 5.41) is 39.3. The number of aromatic amines is 2. The Balaban J connectivity index is 0.000000175. The van der Waals surface area contributed by atoms with Crippen molar-refractivity contribution in [1.29, 1.82) is 0 Å². The third-order valence-corrected chi connectivity index (χ3v) is 6.56. The molecule has 1 aliphatic rings. The van der Waals surface area contributed by atoms with Crippen LogP contribution in [-0.4, -0.2) is 76.8 Å². The van der Waals surface area contributed by atoms with Gasteiger partial charge in [0.25, 0.3) is 18.7 Å². The van der Waals surface area contributed by atoms with Gasteiger partial charge in [-0.1, -0.05) is 0 Å². The van der Waals surface area contributed by atoms with Gasteiger partial charge in [0, 0.05) is 39.9 Å². The van der Waals surface area contributed by atoms with Crippen molar-refractivity contribution in [2.24, 2.45) is 0 Å². The van der Waals surface area contributed by atoms with E-state index in [0.717, 1.165) is 12.1 Å². The molecule has 0 saturated heterocycles. The summed E-state index contributed by atoms with van der Waals surface area (Å²) in [6.07, 6.45) is 0. The first-order valence-corrected chi connectivity index (χ1v) is 12.3. The Labute approximate surface area is 243 Å². The number of carboxylic acids is 2. The summed E-state index contributed by atoms with van der Waals surface area (Å²) in [6.45, 7) is 3.54. The minimum Gasteiger partial charge on any atom is -0.504 e. The fourth-order valence-corrected chi connectivity index (χ4v) is 4.85. The molecule has 0 amide bonds. The molecule has 0 atom stereocenters.